The van der Waals surface area contributed by atoms with E-state index >= 15 is 0 Å². The molecule has 1 unspecified atom stereocenters. The molecule has 1 atom stereocenters. The van der Waals surface area contributed by atoms with Crippen molar-refractivity contribution in [3.05, 3.63) is 23.0 Å². The van der Waals surface area contributed by atoms with Gasteiger partial charge in [-0.05, 0) is 64.5 Å². The molecule has 0 saturated carbocycles. The lowest BCUT2D eigenvalue weighted by Gasteiger charge is -2.16. The first kappa shape index (κ1) is 21.4. The van der Waals surface area contributed by atoms with Gasteiger partial charge in [0.15, 0.2) is 5.65 Å². The van der Waals surface area contributed by atoms with Crippen LogP contribution in [0.15, 0.2) is 6.20 Å². The molecule has 1 N–H and O–H groups in total. The Morgan fingerprint density at radius 2 is 1.85 bits per heavy atom. The lowest BCUT2D eigenvalue weighted by Crippen LogP contribution is -2.32. The van der Waals surface area contributed by atoms with Gasteiger partial charge in [0.05, 0.1) is 6.20 Å². The summed E-state index contributed by atoms with van der Waals surface area (Å²) < 4.78 is 1.96. The molecule has 2 heterocycles. The molecule has 0 aliphatic heterocycles. The highest BCUT2D eigenvalue weighted by atomic mass is 16.1. The van der Waals surface area contributed by atoms with Crippen molar-refractivity contribution in [2.45, 2.75) is 92.7 Å². The second-order valence-corrected chi connectivity index (χ2v) is 8.51. The normalized spacial score (nSPS) is 12.9. The van der Waals surface area contributed by atoms with E-state index in [0.29, 0.717) is 6.42 Å². The smallest absolute Gasteiger partial charge is 0.220 e. The summed E-state index contributed by atoms with van der Waals surface area (Å²) in [7, 11) is 0. The minimum Gasteiger partial charge on any atom is -0.354 e. The van der Waals surface area contributed by atoms with Crippen molar-refractivity contribution in [3.63, 3.8) is 0 Å². The highest BCUT2D eigenvalue weighted by Crippen LogP contribution is 2.25. The number of carbonyl (C=O) groups excluding carboxylic acids is 1. The van der Waals surface area contributed by atoms with E-state index in [2.05, 4.69) is 52.0 Å². The van der Waals surface area contributed by atoms with Gasteiger partial charge < -0.3 is 5.32 Å². The van der Waals surface area contributed by atoms with Gasteiger partial charge in [-0.3, -0.25) is 4.79 Å². The van der Waals surface area contributed by atoms with Gasteiger partial charge in [-0.1, -0.05) is 26.7 Å². The monoisotopic (exact) mass is 372 g/mol. The number of rotatable bonds is 9. The third-order valence-corrected chi connectivity index (χ3v) is 5.25. The maximum absolute atomic E-state index is 12.4. The first-order valence-corrected chi connectivity index (χ1v) is 10.3. The topological polar surface area (TPSA) is 59.8 Å². The number of carbonyl (C=O) groups is 1. The molecule has 1 amide bonds. The summed E-state index contributed by atoms with van der Waals surface area (Å²) in [5, 5.41) is 8.72. The van der Waals surface area contributed by atoms with Gasteiger partial charge in [-0.2, -0.15) is 5.10 Å². The van der Waals surface area contributed by atoms with Crippen molar-refractivity contribution in [1.82, 2.24) is 20.1 Å². The largest absolute Gasteiger partial charge is 0.354 e. The van der Waals surface area contributed by atoms with E-state index in [4.69, 9.17) is 4.98 Å². The third-order valence-electron chi connectivity index (χ3n) is 5.25. The number of amides is 1. The summed E-state index contributed by atoms with van der Waals surface area (Å²) in [6.07, 6.45) is 6.55. The SMILES string of the molecule is Cc1nc2c(cnn2C(C)C)c(C)c1CCC(=O)NC(C)CCCC(C)C. The molecular formula is C22H36N4O. The van der Waals surface area contributed by atoms with Crippen LogP contribution in [0.5, 0.6) is 0 Å². The molecule has 0 fully saturated rings. The molecule has 5 heteroatoms. The maximum Gasteiger partial charge on any atom is 0.220 e. The minimum atomic E-state index is 0.129. The maximum atomic E-state index is 12.4. The Bertz CT molecular complexity index is 776. The van der Waals surface area contributed by atoms with Crippen molar-refractivity contribution in [3.8, 4) is 0 Å². The first-order chi connectivity index (χ1) is 12.7. The molecule has 0 aliphatic rings. The number of nitrogens with one attached hydrogen (secondary N) is 1. The quantitative estimate of drug-likeness (QED) is 0.681. The van der Waals surface area contributed by atoms with Crippen molar-refractivity contribution >= 4 is 16.9 Å². The number of hydrogen-bond acceptors (Lipinski definition) is 3. The van der Waals surface area contributed by atoms with Crippen molar-refractivity contribution in [2.75, 3.05) is 0 Å². The highest BCUT2D eigenvalue weighted by molar-refractivity contribution is 5.81. The standard InChI is InChI=1S/C22H36N4O/c1-14(2)9-8-10-16(5)24-21(27)12-11-19-17(6)20-13-23-26(15(3)4)22(20)25-18(19)7/h13-16H,8-12H2,1-7H3,(H,24,27). The van der Waals surface area contributed by atoms with E-state index in [1.807, 2.05) is 17.8 Å². The molecule has 27 heavy (non-hydrogen) atoms. The fraction of sp³-hybridized carbons (Fsp3) is 0.682. The van der Waals surface area contributed by atoms with E-state index in [1.165, 1.54) is 17.5 Å². The van der Waals surface area contributed by atoms with Crippen molar-refractivity contribution < 1.29 is 4.79 Å². The van der Waals surface area contributed by atoms with Crippen LogP contribution in [0.1, 0.15) is 83.2 Å². The average molecular weight is 373 g/mol. The predicted molar refractivity (Wildman–Crippen MR) is 112 cm³/mol. The number of aromatic nitrogens is 3. The Labute approximate surface area is 163 Å². The molecule has 2 rings (SSSR count). The zero-order valence-corrected chi connectivity index (χ0v) is 18.1. The zero-order valence-electron chi connectivity index (χ0n) is 18.1. The molecule has 5 nitrogen and oxygen atoms in total. The van der Waals surface area contributed by atoms with Crippen LogP contribution in [0, 0.1) is 19.8 Å². The van der Waals surface area contributed by atoms with Crippen LogP contribution < -0.4 is 5.32 Å². The molecule has 2 aromatic rings. The Kier molecular flexibility index (Phi) is 7.40. The van der Waals surface area contributed by atoms with Crippen molar-refractivity contribution in [2.24, 2.45) is 5.92 Å². The number of aryl methyl sites for hydroxylation is 2. The molecule has 0 bridgehead atoms. The van der Waals surface area contributed by atoms with Crippen LogP contribution in [0.4, 0.5) is 0 Å². The Balaban J connectivity index is 1.99. The van der Waals surface area contributed by atoms with Crippen molar-refractivity contribution in [1.29, 1.82) is 0 Å². The van der Waals surface area contributed by atoms with Gasteiger partial charge in [0, 0.05) is 29.6 Å². The Hall–Kier alpha value is -1.91. The summed E-state index contributed by atoms with van der Waals surface area (Å²) >= 11 is 0. The second kappa shape index (κ2) is 9.34. The van der Waals surface area contributed by atoms with Gasteiger partial charge in [-0.15, -0.1) is 0 Å². The summed E-state index contributed by atoms with van der Waals surface area (Å²) in [5.74, 6) is 0.852. The molecule has 150 valence electrons. The molecule has 2 aromatic heterocycles. The molecule has 0 radical (unpaired) electrons. The van der Waals surface area contributed by atoms with Crippen LogP contribution in [-0.2, 0) is 11.2 Å². The zero-order chi connectivity index (χ0) is 20.1. The Morgan fingerprint density at radius 1 is 1.15 bits per heavy atom. The predicted octanol–water partition coefficient (Wildman–Crippen LogP) is 4.89. The van der Waals surface area contributed by atoms with Gasteiger partial charge >= 0.3 is 0 Å². The second-order valence-electron chi connectivity index (χ2n) is 8.51. The highest BCUT2D eigenvalue weighted by Gasteiger charge is 2.16. The van der Waals surface area contributed by atoms with Crippen LogP contribution in [0.25, 0.3) is 11.0 Å². The van der Waals surface area contributed by atoms with Gasteiger partial charge in [-0.25, -0.2) is 9.67 Å². The fourth-order valence-corrected chi connectivity index (χ4v) is 3.63. The number of pyridine rings is 1. The first-order valence-electron chi connectivity index (χ1n) is 10.3. The molecule has 0 spiro atoms. The molecule has 0 saturated heterocycles. The lowest BCUT2D eigenvalue weighted by atomic mass is 10.00. The van der Waals surface area contributed by atoms with E-state index in [0.717, 1.165) is 41.9 Å². The fourth-order valence-electron chi connectivity index (χ4n) is 3.63. The van der Waals surface area contributed by atoms with Gasteiger partial charge in [0.1, 0.15) is 0 Å². The third kappa shape index (κ3) is 5.53. The molecule has 0 aliphatic carbocycles. The Morgan fingerprint density at radius 3 is 2.48 bits per heavy atom. The van der Waals surface area contributed by atoms with E-state index < -0.39 is 0 Å². The van der Waals surface area contributed by atoms with Crippen LogP contribution >= 0.6 is 0 Å². The number of fused-ring (bicyclic) bond motifs is 1. The number of hydrogen-bond donors (Lipinski definition) is 1. The summed E-state index contributed by atoms with van der Waals surface area (Å²) in [6.45, 7) is 15.0. The minimum absolute atomic E-state index is 0.129. The molecular weight excluding hydrogens is 336 g/mol. The van der Waals surface area contributed by atoms with Gasteiger partial charge in [0.2, 0.25) is 5.91 Å². The van der Waals surface area contributed by atoms with E-state index in [-0.39, 0.29) is 18.0 Å². The number of nitrogens with zero attached hydrogens (tertiary/aromatic N) is 3. The summed E-state index contributed by atoms with van der Waals surface area (Å²) in [5.41, 5.74) is 4.31. The molecule has 0 aromatic carbocycles. The van der Waals surface area contributed by atoms with Crippen LogP contribution in [-0.4, -0.2) is 26.7 Å². The lowest BCUT2D eigenvalue weighted by molar-refractivity contribution is -0.121. The van der Waals surface area contributed by atoms with E-state index in [9.17, 15) is 4.79 Å². The van der Waals surface area contributed by atoms with Crippen LogP contribution in [0.3, 0.4) is 0 Å². The summed E-state index contributed by atoms with van der Waals surface area (Å²) in [4.78, 5) is 17.1. The van der Waals surface area contributed by atoms with Gasteiger partial charge in [0.25, 0.3) is 0 Å². The van der Waals surface area contributed by atoms with Crippen LogP contribution in [0.2, 0.25) is 0 Å². The summed E-state index contributed by atoms with van der Waals surface area (Å²) in [6, 6.07) is 0.519. The van der Waals surface area contributed by atoms with E-state index in [1.54, 1.807) is 0 Å². The average Bonchev–Trinajstić information content (AvgIpc) is 2.98.